The van der Waals surface area contributed by atoms with Crippen LogP contribution in [0.1, 0.15) is 6.42 Å². The van der Waals surface area contributed by atoms with Crippen LogP contribution in [0.15, 0.2) is 23.1 Å². The highest BCUT2D eigenvalue weighted by molar-refractivity contribution is 7.89. The number of ether oxygens (including phenoxy) is 3. The van der Waals surface area contributed by atoms with Gasteiger partial charge in [0.2, 0.25) is 10.0 Å². The van der Waals surface area contributed by atoms with Crippen LogP contribution in [0.2, 0.25) is 0 Å². The molecule has 1 aromatic rings. The molecule has 0 radical (unpaired) electrons. The third kappa shape index (κ3) is 4.31. The third-order valence-corrected chi connectivity index (χ3v) is 4.47. The van der Waals surface area contributed by atoms with Crippen LogP contribution in [0.5, 0.6) is 11.5 Å². The lowest BCUT2D eigenvalue weighted by Crippen LogP contribution is -2.33. The van der Waals surface area contributed by atoms with Crippen LogP contribution >= 0.6 is 0 Å². The fourth-order valence-corrected chi connectivity index (χ4v) is 3.01. The molecule has 0 spiro atoms. The van der Waals surface area contributed by atoms with Gasteiger partial charge in [0.05, 0.1) is 11.5 Å². The molecule has 1 aromatic carbocycles. The van der Waals surface area contributed by atoms with Crippen molar-refractivity contribution in [2.75, 3.05) is 33.5 Å². The van der Waals surface area contributed by atoms with Crippen LogP contribution in [0.3, 0.4) is 0 Å². The summed E-state index contributed by atoms with van der Waals surface area (Å²) in [6.45, 7) is 1.53. The average Bonchev–Trinajstić information content (AvgIpc) is 2.47. The van der Waals surface area contributed by atoms with Gasteiger partial charge in [-0.1, -0.05) is 0 Å². The standard InChI is InChI=1S/C13H20N2O5S/c1-18-9-10(14)4-5-15-21(16,17)11-2-3-12-13(8-11)20-7-6-19-12/h2-3,8,10,15H,4-7,9,14H2,1H3. The minimum atomic E-state index is -3.59. The van der Waals surface area contributed by atoms with Crippen molar-refractivity contribution in [2.24, 2.45) is 5.73 Å². The Morgan fingerprint density at radius 1 is 1.33 bits per heavy atom. The van der Waals surface area contributed by atoms with Gasteiger partial charge in [0.1, 0.15) is 13.2 Å². The van der Waals surface area contributed by atoms with E-state index >= 15 is 0 Å². The van der Waals surface area contributed by atoms with Crippen molar-refractivity contribution in [1.82, 2.24) is 4.72 Å². The largest absolute Gasteiger partial charge is 0.486 e. The number of nitrogens with two attached hydrogens (primary N) is 1. The first-order valence-electron chi connectivity index (χ1n) is 6.67. The van der Waals surface area contributed by atoms with Crippen LogP contribution < -0.4 is 19.9 Å². The number of hydrogen-bond acceptors (Lipinski definition) is 6. The molecule has 1 unspecified atom stereocenters. The van der Waals surface area contributed by atoms with Crippen molar-refractivity contribution >= 4 is 10.0 Å². The molecule has 0 aliphatic carbocycles. The van der Waals surface area contributed by atoms with Crippen molar-refractivity contribution in [3.8, 4) is 11.5 Å². The normalized spacial score (nSPS) is 15.7. The van der Waals surface area contributed by atoms with E-state index in [0.717, 1.165) is 0 Å². The van der Waals surface area contributed by atoms with Crippen molar-refractivity contribution in [3.05, 3.63) is 18.2 Å². The Hall–Kier alpha value is -1.35. The molecule has 7 nitrogen and oxygen atoms in total. The minimum absolute atomic E-state index is 0.145. The number of benzene rings is 1. The van der Waals surface area contributed by atoms with Gasteiger partial charge >= 0.3 is 0 Å². The second-order valence-corrected chi connectivity index (χ2v) is 6.47. The van der Waals surface area contributed by atoms with E-state index in [9.17, 15) is 8.42 Å². The maximum absolute atomic E-state index is 12.2. The summed E-state index contributed by atoms with van der Waals surface area (Å²) in [5, 5.41) is 0. The first kappa shape index (κ1) is 16.0. The van der Waals surface area contributed by atoms with Gasteiger partial charge in [-0.2, -0.15) is 0 Å². The number of methoxy groups -OCH3 is 1. The van der Waals surface area contributed by atoms with Gasteiger partial charge in [0, 0.05) is 25.8 Å². The Bertz CT molecular complexity index is 576. The van der Waals surface area contributed by atoms with Crippen molar-refractivity contribution in [1.29, 1.82) is 0 Å². The second kappa shape index (κ2) is 7.08. The summed E-state index contributed by atoms with van der Waals surface area (Å²) in [6, 6.07) is 4.36. The smallest absolute Gasteiger partial charge is 0.240 e. The lowest BCUT2D eigenvalue weighted by atomic mass is 10.2. The topological polar surface area (TPSA) is 99.9 Å². The molecule has 1 atom stereocenters. The lowest BCUT2D eigenvalue weighted by molar-refractivity contribution is 0.171. The molecular formula is C13H20N2O5S. The van der Waals surface area contributed by atoms with E-state index in [0.29, 0.717) is 37.7 Å². The molecule has 0 saturated heterocycles. The fourth-order valence-electron chi connectivity index (χ4n) is 1.95. The predicted molar refractivity (Wildman–Crippen MR) is 77.1 cm³/mol. The van der Waals surface area contributed by atoms with Crippen LogP contribution in [-0.4, -0.2) is 47.9 Å². The summed E-state index contributed by atoms with van der Waals surface area (Å²) in [4.78, 5) is 0.145. The van der Waals surface area contributed by atoms with E-state index in [4.69, 9.17) is 19.9 Å². The Morgan fingerprint density at radius 3 is 2.76 bits per heavy atom. The van der Waals surface area contributed by atoms with Gasteiger partial charge in [-0.15, -0.1) is 0 Å². The predicted octanol–water partition coefficient (Wildman–Crippen LogP) is 0.0999. The van der Waals surface area contributed by atoms with E-state index < -0.39 is 10.0 Å². The highest BCUT2D eigenvalue weighted by atomic mass is 32.2. The first-order valence-corrected chi connectivity index (χ1v) is 8.15. The molecule has 0 aromatic heterocycles. The Kier molecular flexibility index (Phi) is 5.40. The van der Waals surface area contributed by atoms with Gasteiger partial charge in [-0.3, -0.25) is 0 Å². The highest BCUT2D eigenvalue weighted by Gasteiger charge is 2.19. The Labute approximate surface area is 124 Å². The average molecular weight is 316 g/mol. The molecule has 0 saturated carbocycles. The van der Waals surface area contributed by atoms with Crippen LogP contribution in [0.25, 0.3) is 0 Å². The van der Waals surface area contributed by atoms with Gasteiger partial charge in [0.15, 0.2) is 11.5 Å². The zero-order chi connectivity index (χ0) is 15.3. The van der Waals surface area contributed by atoms with E-state index in [1.165, 1.54) is 12.1 Å². The van der Waals surface area contributed by atoms with Gasteiger partial charge in [-0.05, 0) is 18.6 Å². The zero-order valence-electron chi connectivity index (χ0n) is 11.9. The molecule has 1 heterocycles. The molecule has 3 N–H and O–H groups in total. The molecule has 0 amide bonds. The fraction of sp³-hybridized carbons (Fsp3) is 0.538. The molecule has 0 fully saturated rings. The van der Waals surface area contributed by atoms with Crippen LogP contribution in [0.4, 0.5) is 0 Å². The quantitative estimate of drug-likeness (QED) is 0.740. The lowest BCUT2D eigenvalue weighted by Gasteiger charge is -2.19. The second-order valence-electron chi connectivity index (χ2n) is 4.71. The maximum Gasteiger partial charge on any atom is 0.240 e. The monoisotopic (exact) mass is 316 g/mol. The van der Waals surface area contributed by atoms with Gasteiger partial charge in [-0.25, -0.2) is 13.1 Å². The Morgan fingerprint density at radius 2 is 2.05 bits per heavy atom. The first-order chi connectivity index (χ1) is 10.0. The summed E-state index contributed by atoms with van der Waals surface area (Å²) < 4.78 is 42.5. The summed E-state index contributed by atoms with van der Waals surface area (Å²) in [6.07, 6.45) is 0.498. The van der Waals surface area contributed by atoms with Crippen molar-refractivity contribution in [2.45, 2.75) is 17.4 Å². The number of hydrogen-bond donors (Lipinski definition) is 2. The van der Waals surface area contributed by atoms with Gasteiger partial charge in [0.25, 0.3) is 0 Å². The minimum Gasteiger partial charge on any atom is -0.486 e. The molecule has 1 aliphatic heterocycles. The SMILES string of the molecule is COCC(N)CCNS(=O)(=O)c1ccc2c(c1)OCCO2. The molecule has 21 heavy (non-hydrogen) atoms. The number of nitrogens with one attached hydrogen (secondary N) is 1. The van der Waals surface area contributed by atoms with Crippen LogP contribution in [-0.2, 0) is 14.8 Å². The van der Waals surface area contributed by atoms with E-state index in [-0.39, 0.29) is 17.5 Å². The summed E-state index contributed by atoms with van der Waals surface area (Å²) in [7, 11) is -2.03. The summed E-state index contributed by atoms with van der Waals surface area (Å²) in [5.41, 5.74) is 5.75. The molecule has 118 valence electrons. The van der Waals surface area contributed by atoms with E-state index in [1.54, 1.807) is 13.2 Å². The van der Waals surface area contributed by atoms with Crippen LogP contribution in [0, 0.1) is 0 Å². The van der Waals surface area contributed by atoms with Gasteiger partial charge < -0.3 is 19.9 Å². The third-order valence-electron chi connectivity index (χ3n) is 3.01. The Balaban J connectivity index is 1.99. The van der Waals surface area contributed by atoms with Crippen molar-refractivity contribution < 1.29 is 22.6 Å². The highest BCUT2D eigenvalue weighted by Crippen LogP contribution is 2.32. The zero-order valence-corrected chi connectivity index (χ0v) is 12.7. The number of sulfonamides is 1. The van der Waals surface area contributed by atoms with E-state index in [1.807, 2.05) is 0 Å². The molecular weight excluding hydrogens is 296 g/mol. The molecule has 1 aliphatic rings. The summed E-state index contributed by atoms with van der Waals surface area (Å²) >= 11 is 0. The number of fused-ring (bicyclic) bond motifs is 1. The number of rotatable bonds is 7. The maximum atomic E-state index is 12.2. The summed E-state index contributed by atoms with van der Waals surface area (Å²) in [5.74, 6) is 1.00. The molecule has 2 rings (SSSR count). The molecule has 8 heteroatoms. The van der Waals surface area contributed by atoms with Crippen molar-refractivity contribution in [3.63, 3.8) is 0 Å². The van der Waals surface area contributed by atoms with E-state index in [2.05, 4.69) is 4.72 Å². The molecule has 0 bridgehead atoms.